The molecule has 1 aliphatic heterocycles. The molecule has 2 aliphatic rings. The zero-order chi connectivity index (χ0) is 18.6. The smallest absolute Gasteiger partial charge is 0.369 e. The van der Waals surface area contributed by atoms with Gasteiger partial charge in [0, 0.05) is 44.5 Å². The minimum atomic E-state index is -4.95. The number of rotatable bonds is 5. The summed E-state index contributed by atoms with van der Waals surface area (Å²) < 4.78 is 36.4. The first-order valence-electron chi connectivity index (χ1n) is 8.97. The van der Waals surface area contributed by atoms with Crippen LogP contribution < -0.4 is 10.4 Å². The van der Waals surface area contributed by atoms with E-state index in [2.05, 4.69) is 32.3 Å². The Morgan fingerprint density at radius 2 is 1.81 bits per heavy atom. The third-order valence-electron chi connectivity index (χ3n) is 5.10. The van der Waals surface area contributed by atoms with Gasteiger partial charge in [0.2, 0.25) is 0 Å². The summed E-state index contributed by atoms with van der Waals surface area (Å²) >= 11 is 0. The number of alkyl halides is 3. The minimum absolute atomic E-state index is 0.197. The Balaban J connectivity index is 1.37. The van der Waals surface area contributed by atoms with Crippen molar-refractivity contribution in [3.05, 3.63) is 30.3 Å². The number of halogens is 3. The number of nitrogens with one attached hydrogen (secondary N) is 1. The van der Waals surface area contributed by atoms with Gasteiger partial charge in [-0.2, -0.15) is 13.2 Å². The first-order chi connectivity index (χ1) is 12.4. The van der Waals surface area contributed by atoms with Crippen molar-refractivity contribution in [2.75, 3.05) is 37.6 Å². The van der Waals surface area contributed by atoms with Gasteiger partial charge in [0.15, 0.2) is 0 Å². The lowest BCUT2D eigenvalue weighted by Crippen LogP contribution is -2.47. The van der Waals surface area contributed by atoms with E-state index in [1.807, 2.05) is 18.2 Å². The van der Waals surface area contributed by atoms with Crippen LogP contribution in [-0.4, -0.2) is 55.8 Å². The molecule has 1 aromatic carbocycles. The van der Waals surface area contributed by atoms with E-state index in [0.29, 0.717) is 5.92 Å². The van der Waals surface area contributed by atoms with Gasteiger partial charge < -0.3 is 9.74 Å². The number of carbonyl (C=O) groups is 1. The van der Waals surface area contributed by atoms with Gasteiger partial charge in [0.05, 0.1) is 0 Å². The minimum Gasteiger partial charge on any atom is -0.369 e. The molecule has 144 valence electrons. The van der Waals surface area contributed by atoms with Crippen LogP contribution >= 0.6 is 0 Å². The number of hydroxylamine groups is 1. The summed E-state index contributed by atoms with van der Waals surface area (Å²) in [7, 11) is 0. The number of anilines is 1. The average Bonchev–Trinajstić information content (AvgIpc) is 3.07. The highest BCUT2D eigenvalue weighted by Gasteiger charge is 2.42. The van der Waals surface area contributed by atoms with Gasteiger partial charge in [-0.25, -0.2) is 4.79 Å². The molecule has 3 rings (SSSR count). The van der Waals surface area contributed by atoms with Crippen LogP contribution in [0.4, 0.5) is 18.9 Å². The van der Waals surface area contributed by atoms with E-state index in [-0.39, 0.29) is 6.04 Å². The fourth-order valence-corrected chi connectivity index (χ4v) is 3.74. The molecule has 1 heterocycles. The molecule has 1 aliphatic carbocycles. The van der Waals surface area contributed by atoms with Crippen molar-refractivity contribution in [3.8, 4) is 0 Å². The van der Waals surface area contributed by atoms with Gasteiger partial charge >= 0.3 is 12.1 Å². The normalized spacial score (nSPS) is 24.7. The van der Waals surface area contributed by atoms with Crippen LogP contribution in [0.2, 0.25) is 0 Å². The van der Waals surface area contributed by atoms with Gasteiger partial charge in [-0.1, -0.05) is 18.2 Å². The zero-order valence-corrected chi connectivity index (χ0v) is 14.5. The standard InChI is InChI=1S/C18H24F3N3O2/c19-18(20,21)17(25)26-22-15-7-6-14(12-15)13-23-8-10-24(11-9-23)16-4-2-1-3-5-16/h1-5,14-15,22H,6-13H2/t14-,15+/m1/s1. The Bertz CT molecular complexity index is 589. The third-order valence-corrected chi connectivity index (χ3v) is 5.10. The van der Waals surface area contributed by atoms with Crippen molar-refractivity contribution in [1.82, 2.24) is 10.4 Å². The lowest BCUT2D eigenvalue weighted by molar-refractivity contribution is -0.208. The molecule has 26 heavy (non-hydrogen) atoms. The summed E-state index contributed by atoms with van der Waals surface area (Å²) in [5, 5.41) is 0. The van der Waals surface area contributed by atoms with Crippen LogP contribution in [0.3, 0.4) is 0 Å². The molecule has 5 nitrogen and oxygen atoms in total. The van der Waals surface area contributed by atoms with E-state index >= 15 is 0 Å². The average molecular weight is 371 g/mol. The summed E-state index contributed by atoms with van der Waals surface area (Å²) in [6.45, 7) is 4.84. The molecule has 0 amide bonds. The van der Waals surface area contributed by atoms with Crippen molar-refractivity contribution < 1.29 is 22.8 Å². The molecular weight excluding hydrogens is 347 g/mol. The van der Waals surface area contributed by atoms with E-state index in [4.69, 9.17) is 0 Å². The quantitative estimate of drug-likeness (QED) is 0.806. The van der Waals surface area contributed by atoms with Crippen LogP contribution in [0, 0.1) is 5.92 Å². The molecule has 1 aromatic rings. The first kappa shape index (κ1) is 19.0. The molecule has 1 saturated heterocycles. The van der Waals surface area contributed by atoms with Gasteiger partial charge in [-0.05, 0) is 37.3 Å². The largest absolute Gasteiger partial charge is 0.492 e. The zero-order valence-electron chi connectivity index (χ0n) is 14.5. The van der Waals surface area contributed by atoms with E-state index in [1.54, 1.807) is 0 Å². The summed E-state index contributed by atoms with van der Waals surface area (Å²) in [6.07, 6.45) is -2.58. The number of para-hydroxylation sites is 1. The monoisotopic (exact) mass is 371 g/mol. The van der Waals surface area contributed by atoms with Gasteiger partial charge in [0.25, 0.3) is 0 Å². The highest BCUT2D eigenvalue weighted by atomic mass is 19.4. The van der Waals surface area contributed by atoms with E-state index in [9.17, 15) is 18.0 Å². The highest BCUT2D eigenvalue weighted by Crippen LogP contribution is 2.27. The van der Waals surface area contributed by atoms with Crippen LogP contribution in [0.15, 0.2) is 30.3 Å². The fraction of sp³-hybridized carbons (Fsp3) is 0.611. The Labute approximate surface area is 151 Å². The topological polar surface area (TPSA) is 44.8 Å². The van der Waals surface area contributed by atoms with Crippen molar-refractivity contribution in [2.45, 2.75) is 31.5 Å². The lowest BCUT2D eigenvalue weighted by Gasteiger charge is -2.37. The number of carbonyl (C=O) groups excluding carboxylic acids is 1. The number of hydrogen-bond acceptors (Lipinski definition) is 5. The Hall–Kier alpha value is -1.80. The summed E-state index contributed by atoms with van der Waals surface area (Å²) in [6, 6.07) is 10.1. The number of nitrogens with zero attached hydrogens (tertiary/aromatic N) is 2. The summed E-state index contributed by atoms with van der Waals surface area (Å²) in [4.78, 5) is 19.7. The van der Waals surface area contributed by atoms with Crippen molar-refractivity contribution >= 4 is 11.7 Å². The molecule has 2 atom stereocenters. The van der Waals surface area contributed by atoms with E-state index in [0.717, 1.165) is 52.0 Å². The molecule has 2 fully saturated rings. The molecule has 0 aromatic heterocycles. The van der Waals surface area contributed by atoms with Crippen molar-refractivity contribution in [2.24, 2.45) is 5.92 Å². The Morgan fingerprint density at radius 1 is 1.12 bits per heavy atom. The number of hydrogen-bond donors (Lipinski definition) is 1. The molecule has 0 radical (unpaired) electrons. The number of benzene rings is 1. The molecule has 8 heteroatoms. The molecule has 0 bridgehead atoms. The van der Waals surface area contributed by atoms with Gasteiger partial charge in [-0.15, -0.1) is 5.48 Å². The maximum Gasteiger partial charge on any atom is 0.492 e. The van der Waals surface area contributed by atoms with Crippen LogP contribution in [0.5, 0.6) is 0 Å². The maximum atomic E-state index is 12.1. The van der Waals surface area contributed by atoms with Crippen LogP contribution in [0.25, 0.3) is 0 Å². The Kier molecular flexibility index (Phi) is 6.03. The predicted molar refractivity (Wildman–Crippen MR) is 91.5 cm³/mol. The molecule has 0 spiro atoms. The second-order valence-corrected chi connectivity index (χ2v) is 7.00. The SMILES string of the molecule is O=C(ON[C@H]1CC[C@@H](CN2CCN(c3ccccc3)CC2)C1)C(F)(F)F. The van der Waals surface area contributed by atoms with E-state index in [1.165, 1.54) is 5.69 Å². The van der Waals surface area contributed by atoms with Crippen molar-refractivity contribution in [1.29, 1.82) is 0 Å². The van der Waals surface area contributed by atoms with Gasteiger partial charge in [-0.3, -0.25) is 4.90 Å². The molecule has 0 unspecified atom stereocenters. The Morgan fingerprint density at radius 3 is 2.46 bits per heavy atom. The molecule has 1 saturated carbocycles. The summed E-state index contributed by atoms with van der Waals surface area (Å²) in [5.74, 6) is -1.77. The predicted octanol–water partition coefficient (Wildman–Crippen LogP) is 2.59. The third kappa shape index (κ3) is 5.11. The highest BCUT2D eigenvalue weighted by molar-refractivity contribution is 5.75. The lowest BCUT2D eigenvalue weighted by atomic mass is 10.1. The molecular formula is C18H24F3N3O2. The first-order valence-corrected chi connectivity index (χ1v) is 8.97. The van der Waals surface area contributed by atoms with E-state index < -0.39 is 12.1 Å². The second-order valence-electron chi connectivity index (χ2n) is 7.00. The van der Waals surface area contributed by atoms with Crippen LogP contribution in [-0.2, 0) is 9.63 Å². The van der Waals surface area contributed by atoms with Gasteiger partial charge in [0.1, 0.15) is 0 Å². The maximum absolute atomic E-state index is 12.1. The summed E-state index contributed by atoms with van der Waals surface area (Å²) in [5.41, 5.74) is 3.53. The fourth-order valence-electron chi connectivity index (χ4n) is 3.74. The van der Waals surface area contributed by atoms with Crippen LogP contribution in [0.1, 0.15) is 19.3 Å². The molecule has 1 N–H and O–H groups in total. The number of piperazine rings is 1. The second kappa shape index (κ2) is 8.26. The van der Waals surface area contributed by atoms with Crippen molar-refractivity contribution in [3.63, 3.8) is 0 Å².